The van der Waals surface area contributed by atoms with E-state index in [1.165, 1.54) is 25.7 Å². The van der Waals surface area contributed by atoms with Gasteiger partial charge in [-0.1, -0.05) is 12.8 Å². The van der Waals surface area contributed by atoms with Crippen LogP contribution < -0.4 is 5.32 Å². The van der Waals surface area contributed by atoms with Crippen molar-refractivity contribution in [2.75, 3.05) is 19.0 Å². The van der Waals surface area contributed by atoms with E-state index in [2.05, 4.69) is 5.32 Å². The fourth-order valence-electron chi connectivity index (χ4n) is 3.20. The van der Waals surface area contributed by atoms with Crippen LogP contribution in [0.1, 0.15) is 39.0 Å². The molecule has 4 unspecified atom stereocenters. The maximum atomic E-state index is 12.1. The van der Waals surface area contributed by atoms with E-state index >= 15 is 0 Å². The molecule has 18 heavy (non-hydrogen) atoms. The van der Waals surface area contributed by atoms with Crippen LogP contribution in [0.4, 0.5) is 0 Å². The lowest BCUT2D eigenvalue weighted by Crippen LogP contribution is -2.39. The Bertz CT molecular complexity index is 285. The Hall–Kier alpha value is -0.280. The Morgan fingerprint density at radius 2 is 2.00 bits per heavy atom. The first-order chi connectivity index (χ1) is 8.72. The van der Waals surface area contributed by atoms with Crippen molar-refractivity contribution in [3.8, 4) is 0 Å². The minimum Gasteiger partial charge on any atom is -0.378 e. The number of hydrogen-bond donors (Lipinski definition) is 1. The molecule has 0 radical (unpaired) electrons. The fraction of sp³-hybridized carbons (Fsp3) is 0.929. The normalized spacial score (nSPS) is 36.6. The molecule has 2 fully saturated rings. The zero-order chi connectivity index (χ0) is 13.0. The highest BCUT2D eigenvalue weighted by atomic mass is 35.5. The topological polar surface area (TPSA) is 38.3 Å². The Morgan fingerprint density at radius 3 is 2.61 bits per heavy atom. The average Bonchev–Trinajstić information content (AvgIpc) is 2.82. The molecule has 0 bridgehead atoms. The Morgan fingerprint density at radius 1 is 1.28 bits per heavy atom. The molecule has 4 heteroatoms. The molecular weight excluding hydrogens is 250 g/mol. The van der Waals surface area contributed by atoms with Crippen molar-refractivity contribution < 1.29 is 9.53 Å². The molecule has 1 aliphatic heterocycles. The number of alkyl halides is 1. The minimum atomic E-state index is 0.0445. The van der Waals surface area contributed by atoms with Crippen LogP contribution in [0.15, 0.2) is 0 Å². The van der Waals surface area contributed by atoms with Gasteiger partial charge in [-0.2, -0.15) is 0 Å². The van der Waals surface area contributed by atoms with E-state index in [9.17, 15) is 4.79 Å². The second kappa shape index (κ2) is 6.76. The summed E-state index contributed by atoms with van der Waals surface area (Å²) in [6.45, 7) is 3.49. The van der Waals surface area contributed by atoms with E-state index in [0.717, 1.165) is 18.8 Å². The van der Waals surface area contributed by atoms with Gasteiger partial charge in [-0.3, -0.25) is 4.79 Å². The van der Waals surface area contributed by atoms with Crippen LogP contribution in [0.25, 0.3) is 0 Å². The lowest BCUT2D eigenvalue weighted by atomic mass is 9.80. The lowest BCUT2D eigenvalue weighted by molar-refractivity contribution is -0.126. The van der Waals surface area contributed by atoms with E-state index in [-0.39, 0.29) is 17.9 Å². The molecule has 1 N–H and O–H groups in total. The summed E-state index contributed by atoms with van der Waals surface area (Å²) in [5.41, 5.74) is 0. The minimum absolute atomic E-state index is 0.0445. The van der Waals surface area contributed by atoms with Crippen molar-refractivity contribution in [3.05, 3.63) is 0 Å². The molecule has 1 saturated carbocycles. The molecule has 3 nitrogen and oxygen atoms in total. The maximum absolute atomic E-state index is 12.1. The van der Waals surface area contributed by atoms with E-state index in [1.807, 2.05) is 6.92 Å². The third-order valence-corrected chi connectivity index (χ3v) is 4.91. The predicted octanol–water partition coefficient (Wildman–Crippen LogP) is 2.57. The van der Waals surface area contributed by atoms with Gasteiger partial charge in [0.15, 0.2) is 0 Å². The number of carbonyl (C=O) groups excluding carboxylic acids is 1. The first kappa shape index (κ1) is 14.1. The highest BCUT2D eigenvalue weighted by Gasteiger charge is 2.31. The van der Waals surface area contributed by atoms with E-state index < -0.39 is 0 Å². The molecule has 1 aliphatic carbocycles. The van der Waals surface area contributed by atoms with Gasteiger partial charge in [0.25, 0.3) is 0 Å². The molecule has 1 amide bonds. The summed E-state index contributed by atoms with van der Waals surface area (Å²) in [5, 5.41) is 3.11. The highest BCUT2D eigenvalue weighted by molar-refractivity contribution is 6.18. The van der Waals surface area contributed by atoms with Gasteiger partial charge in [-0.15, -0.1) is 11.6 Å². The van der Waals surface area contributed by atoms with E-state index in [0.29, 0.717) is 18.4 Å². The Labute approximate surface area is 115 Å². The molecule has 2 rings (SSSR count). The summed E-state index contributed by atoms with van der Waals surface area (Å²) in [6.07, 6.45) is 5.91. The van der Waals surface area contributed by atoms with Crippen molar-refractivity contribution in [2.45, 2.75) is 45.1 Å². The van der Waals surface area contributed by atoms with Gasteiger partial charge in [0.2, 0.25) is 5.91 Å². The first-order valence-corrected chi connectivity index (χ1v) is 7.71. The van der Waals surface area contributed by atoms with Crippen molar-refractivity contribution in [3.63, 3.8) is 0 Å². The predicted molar refractivity (Wildman–Crippen MR) is 72.7 cm³/mol. The summed E-state index contributed by atoms with van der Waals surface area (Å²) >= 11 is 6.01. The first-order valence-electron chi connectivity index (χ1n) is 7.17. The number of nitrogens with one attached hydrogen (secondary N) is 1. The number of carbonyl (C=O) groups is 1. The van der Waals surface area contributed by atoms with Gasteiger partial charge in [-0.25, -0.2) is 0 Å². The summed E-state index contributed by atoms with van der Waals surface area (Å²) < 4.78 is 5.44. The van der Waals surface area contributed by atoms with Crippen LogP contribution in [0.2, 0.25) is 0 Å². The number of amides is 1. The van der Waals surface area contributed by atoms with Crippen molar-refractivity contribution in [2.24, 2.45) is 17.8 Å². The van der Waals surface area contributed by atoms with Gasteiger partial charge < -0.3 is 10.1 Å². The molecule has 0 aromatic carbocycles. The number of ether oxygens (including phenoxy) is 1. The largest absolute Gasteiger partial charge is 0.378 e. The monoisotopic (exact) mass is 273 g/mol. The molecule has 4 atom stereocenters. The molecule has 1 saturated heterocycles. The third kappa shape index (κ3) is 3.39. The quantitative estimate of drug-likeness (QED) is 0.800. The smallest absolute Gasteiger partial charge is 0.225 e. The van der Waals surface area contributed by atoms with Gasteiger partial charge in [0, 0.05) is 19.0 Å². The second-order valence-corrected chi connectivity index (χ2v) is 5.98. The van der Waals surface area contributed by atoms with Crippen LogP contribution in [0.5, 0.6) is 0 Å². The van der Waals surface area contributed by atoms with Crippen molar-refractivity contribution in [1.29, 1.82) is 0 Å². The zero-order valence-electron chi connectivity index (χ0n) is 11.2. The third-order valence-electron chi connectivity index (χ3n) is 4.52. The highest BCUT2D eigenvalue weighted by Crippen LogP contribution is 2.30. The zero-order valence-corrected chi connectivity index (χ0v) is 11.9. The molecule has 0 spiro atoms. The Kier molecular flexibility index (Phi) is 5.31. The summed E-state index contributed by atoms with van der Waals surface area (Å²) in [5.74, 6) is 2.08. The molecular formula is C14H24ClNO2. The van der Waals surface area contributed by atoms with Gasteiger partial charge in [0.05, 0.1) is 12.0 Å². The van der Waals surface area contributed by atoms with Gasteiger partial charge in [0.1, 0.15) is 0 Å². The summed E-state index contributed by atoms with van der Waals surface area (Å²) in [4.78, 5) is 12.1. The number of hydrogen-bond acceptors (Lipinski definition) is 2. The molecule has 104 valence electrons. The standard InChI is InChI=1S/C14H24ClNO2/c1-10-13(6-7-18-10)14(17)16-9-12-5-3-2-4-11(12)8-15/h10-13H,2-9H2,1H3,(H,16,17). The SMILES string of the molecule is CC1OCCC1C(=O)NCC1CCCCC1CCl. The average molecular weight is 274 g/mol. The van der Waals surface area contributed by atoms with Crippen LogP contribution in [-0.4, -0.2) is 31.0 Å². The number of rotatable bonds is 4. The van der Waals surface area contributed by atoms with Crippen molar-refractivity contribution >= 4 is 17.5 Å². The number of halogens is 1. The van der Waals surface area contributed by atoms with Crippen LogP contribution in [-0.2, 0) is 9.53 Å². The van der Waals surface area contributed by atoms with Crippen molar-refractivity contribution in [1.82, 2.24) is 5.32 Å². The van der Waals surface area contributed by atoms with Crippen LogP contribution >= 0.6 is 11.6 Å². The maximum Gasteiger partial charge on any atom is 0.225 e. The molecule has 1 heterocycles. The molecule has 0 aromatic heterocycles. The molecule has 2 aliphatic rings. The second-order valence-electron chi connectivity index (χ2n) is 5.68. The lowest BCUT2D eigenvalue weighted by Gasteiger charge is -2.30. The van der Waals surface area contributed by atoms with E-state index in [4.69, 9.17) is 16.3 Å². The molecule has 0 aromatic rings. The summed E-state index contributed by atoms with van der Waals surface area (Å²) in [6, 6.07) is 0. The van der Waals surface area contributed by atoms with Crippen LogP contribution in [0, 0.1) is 17.8 Å². The van der Waals surface area contributed by atoms with Gasteiger partial charge in [-0.05, 0) is 38.0 Å². The van der Waals surface area contributed by atoms with Gasteiger partial charge >= 0.3 is 0 Å². The summed E-state index contributed by atoms with van der Waals surface area (Å²) in [7, 11) is 0. The fourth-order valence-corrected chi connectivity index (χ4v) is 3.60. The van der Waals surface area contributed by atoms with E-state index in [1.54, 1.807) is 0 Å². The van der Waals surface area contributed by atoms with Crippen LogP contribution in [0.3, 0.4) is 0 Å². The Balaban J connectivity index is 1.77.